The highest BCUT2D eigenvalue weighted by molar-refractivity contribution is 5.95. The Kier molecular flexibility index (Phi) is 3.45. The number of rotatable bonds is 1. The summed E-state index contributed by atoms with van der Waals surface area (Å²) in [6.07, 6.45) is 1.93. The lowest BCUT2D eigenvalue weighted by atomic mass is 9.59. The van der Waals surface area contributed by atoms with Crippen LogP contribution in [0.2, 0.25) is 0 Å². The van der Waals surface area contributed by atoms with E-state index in [1.54, 1.807) is 0 Å². The summed E-state index contributed by atoms with van der Waals surface area (Å²) in [7, 11) is 0. The van der Waals surface area contributed by atoms with Crippen LogP contribution in [-0.2, 0) is 10.8 Å². The topological polar surface area (TPSA) is 12.9 Å². The quantitative estimate of drug-likeness (QED) is 0.473. The highest BCUT2D eigenvalue weighted by Gasteiger charge is 2.56. The minimum Gasteiger partial charge on any atom is -0.256 e. The van der Waals surface area contributed by atoms with Gasteiger partial charge in [0.15, 0.2) is 0 Å². The van der Waals surface area contributed by atoms with Crippen molar-refractivity contribution in [3.05, 3.63) is 65.4 Å². The van der Waals surface area contributed by atoms with Gasteiger partial charge in [0.05, 0.1) is 5.69 Å². The third-order valence-corrected chi connectivity index (χ3v) is 7.68. The summed E-state index contributed by atoms with van der Waals surface area (Å²) in [4.78, 5) is 4.75. The van der Waals surface area contributed by atoms with E-state index < -0.39 is 0 Å². The van der Waals surface area contributed by atoms with Crippen LogP contribution in [0.5, 0.6) is 0 Å². The Morgan fingerprint density at radius 2 is 1.42 bits per heavy atom. The Labute approximate surface area is 157 Å². The number of hydrogen-bond acceptors (Lipinski definition) is 1. The maximum absolute atomic E-state index is 4.75. The first-order valence-corrected chi connectivity index (χ1v) is 9.58. The second kappa shape index (κ2) is 5.19. The van der Waals surface area contributed by atoms with E-state index in [-0.39, 0.29) is 16.2 Å². The molecule has 1 aliphatic carbocycles. The van der Waals surface area contributed by atoms with Crippen molar-refractivity contribution < 1.29 is 0 Å². The fourth-order valence-electron chi connectivity index (χ4n) is 4.74. The molecule has 0 saturated heterocycles. The van der Waals surface area contributed by atoms with E-state index in [0.29, 0.717) is 0 Å². The minimum absolute atomic E-state index is 0.114. The van der Waals surface area contributed by atoms with Crippen LogP contribution in [0.15, 0.2) is 48.7 Å². The minimum atomic E-state index is 0.114. The van der Waals surface area contributed by atoms with Crippen LogP contribution < -0.4 is 0 Å². The molecule has 0 radical (unpaired) electrons. The van der Waals surface area contributed by atoms with E-state index >= 15 is 0 Å². The molecule has 1 aromatic heterocycles. The molecular formula is C25H29N. The number of aromatic nitrogens is 1. The zero-order valence-corrected chi connectivity index (χ0v) is 17.1. The number of hydrogen-bond donors (Lipinski definition) is 0. The van der Waals surface area contributed by atoms with Crippen molar-refractivity contribution in [1.29, 1.82) is 0 Å². The Morgan fingerprint density at radius 3 is 2.15 bits per heavy atom. The van der Waals surface area contributed by atoms with Gasteiger partial charge in [-0.05, 0) is 51.8 Å². The van der Waals surface area contributed by atoms with Crippen LogP contribution in [0.1, 0.15) is 58.2 Å². The molecule has 0 atom stereocenters. The monoisotopic (exact) mass is 343 g/mol. The second-order valence-electron chi connectivity index (χ2n) is 9.52. The number of aryl methyl sites for hydroxylation is 1. The van der Waals surface area contributed by atoms with Crippen molar-refractivity contribution >= 4 is 10.8 Å². The van der Waals surface area contributed by atoms with Gasteiger partial charge in [-0.25, -0.2) is 0 Å². The van der Waals surface area contributed by atoms with Gasteiger partial charge >= 0.3 is 0 Å². The van der Waals surface area contributed by atoms with Gasteiger partial charge in [0.25, 0.3) is 0 Å². The van der Waals surface area contributed by atoms with Gasteiger partial charge in [0.1, 0.15) is 0 Å². The van der Waals surface area contributed by atoms with Crippen molar-refractivity contribution in [1.82, 2.24) is 4.98 Å². The summed E-state index contributed by atoms with van der Waals surface area (Å²) in [6, 6.07) is 15.7. The summed E-state index contributed by atoms with van der Waals surface area (Å²) >= 11 is 0. The number of nitrogens with zero attached hydrogens (tertiary/aromatic N) is 1. The van der Waals surface area contributed by atoms with E-state index in [1.807, 2.05) is 6.20 Å². The molecule has 4 rings (SSSR count). The lowest BCUT2D eigenvalue weighted by Gasteiger charge is -2.44. The fraction of sp³-hybridized carbons (Fsp3) is 0.400. The maximum Gasteiger partial charge on any atom is 0.0780 e. The molecule has 1 heterocycles. The highest BCUT2D eigenvalue weighted by atomic mass is 14.7. The molecule has 134 valence electrons. The average Bonchev–Trinajstić information content (AvgIpc) is 2.69. The Bertz CT molecular complexity index is 1020. The lowest BCUT2D eigenvalue weighted by molar-refractivity contribution is 0.125. The molecule has 0 bridgehead atoms. The smallest absolute Gasteiger partial charge is 0.0780 e. The SMILES string of the molecule is Cc1ccc2c(-c3ccc4c(c3)C(C)(C)C(C)(C)C4(C)C)nccc2c1. The molecule has 0 fully saturated rings. The standard InChI is InChI=1S/C25H29N/c1-16-8-10-19-17(14-16)12-13-26-22(19)18-9-11-20-21(15-18)24(4,5)25(6,7)23(20,2)3/h8-15H,1-7H3. The highest BCUT2D eigenvalue weighted by Crippen LogP contribution is 2.61. The van der Waals surface area contributed by atoms with Crippen molar-refractivity contribution in [2.75, 3.05) is 0 Å². The summed E-state index contributed by atoms with van der Waals surface area (Å²) in [5.41, 5.74) is 6.99. The molecule has 26 heavy (non-hydrogen) atoms. The predicted octanol–water partition coefficient (Wildman–Crippen LogP) is 6.81. The molecule has 1 nitrogen and oxygen atoms in total. The van der Waals surface area contributed by atoms with Gasteiger partial charge in [0.2, 0.25) is 0 Å². The van der Waals surface area contributed by atoms with E-state index in [4.69, 9.17) is 4.98 Å². The van der Waals surface area contributed by atoms with Crippen molar-refractivity contribution in [2.45, 2.75) is 59.3 Å². The molecule has 0 aliphatic heterocycles. The van der Waals surface area contributed by atoms with Crippen LogP contribution in [0, 0.1) is 12.3 Å². The van der Waals surface area contributed by atoms with Gasteiger partial charge in [-0.2, -0.15) is 0 Å². The largest absolute Gasteiger partial charge is 0.256 e. The second-order valence-corrected chi connectivity index (χ2v) is 9.52. The summed E-state index contributed by atoms with van der Waals surface area (Å²) in [5, 5.41) is 2.49. The molecule has 2 aromatic carbocycles. The molecule has 0 spiro atoms. The van der Waals surface area contributed by atoms with Crippen molar-refractivity contribution in [3.63, 3.8) is 0 Å². The predicted molar refractivity (Wildman–Crippen MR) is 112 cm³/mol. The first kappa shape index (κ1) is 17.3. The van der Waals surface area contributed by atoms with E-state index in [9.17, 15) is 0 Å². The van der Waals surface area contributed by atoms with Gasteiger partial charge in [-0.1, -0.05) is 77.4 Å². The molecule has 1 heteroatoms. The summed E-state index contributed by atoms with van der Waals surface area (Å²) in [6.45, 7) is 16.5. The molecule has 0 saturated carbocycles. The van der Waals surface area contributed by atoms with Crippen molar-refractivity contribution in [2.24, 2.45) is 5.41 Å². The lowest BCUT2D eigenvalue weighted by Crippen LogP contribution is -2.42. The fourth-order valence-corrected chi connectivity index (χ4v) is 4.74. The Hall–Kier alpha value is -2.15. The van der Waals surface area contributed by atoms with E-state index in [0.717, 1.165) is 5.69 Å². The average molecular weight is 344 g/mol. The molecule has 0 unspecified atom stereocenters. The zero-order valence-electron chi connectivity index (χ0n) is 17.1. The molecule has 3 aromatic rings. The van der Waals surface area contributed by atoms with E-state index in [1.165, 1.54) is 33.0 Å². The van der Waals surface area contributed by atoms with Crippen LogP contribution in [0.25, 0.3) is 22.0 Å². The van der Waals surface area contributed by atoms with Gasteiger partial charge in [-0.15, -0.1) is 0 Å². The number of benzene rings is 2. The van der Waals surface area contributed by atoms with Crippen LogP contribution in [0.3, 0.4) is 0 Å². The van der Waals surface area contributed by atoms with Crippen LogP contribution >= 0.6 is 0 Å². The molecule has 0 N–H and O–H groups in total. The summed E-state index contributed by atoms with van der Waals surface area (Å²) in [5.74, 6) is 0. The molecule has 0 amide bonds. The molecular weight excluding hydrogens is 314 g/mol. The first-order chi connectivity index (χ1) is 12.1. The normalized spacial score (nSPS) is 19.5. The van der Waals surface area contributed by atoms with Gasteiger partial charge in [-0.3, -0.25) is 4.98 Å². The van der Waals surface area contributed by atoms with E-state index in [2.05, 4.69) is 90.9 Å². The van der Waals surface area contributed by atoms with Gasteiger partial charge < -0.3 is 0 Å². The third-order valence-electron chi connectivity index (χ3n) is 7.68. The van der Waals surface area contributed by atoms with Gasteiger partial charge in [0, 0.05) is 17.1 Å². The molecule has 1 aliphatic rings. The van der Waals surface area contributed by atoms with Crippen LogP contribution in [-0.4, -0.2) is 4.98 Å². The number of fused-ring (bicyclic) bond motifs is 2. The zero-order chi connectivity index (χ0) is 18.9. The Morgan fingerprint density at radius 1 is 0.731 bits per heavy atom. The maximum atomic E-state index is 4.75. The first-order valence-electron chi connectivity index (χ1n) is 9.58. The third kappa shape index (κ3) is 2.06. The number of pyridine rings is 1. The van der Waals surface area contributed by atoms with Crippen molar-refractivity contribution in [3.8, 4) is 11.3 Å². The summed E-state index contributed by atoms with van der Waals surface area (Å²) < 4.78 is 0. The Balaban J connectivity index is 1.97. The van der Waals surface area contributed by atoms with Crippen LogP contribution in [0.4, 0.5) is 0 Å².